The number of hydrogen-bond donors (Lipinski definition) is 0. The summed E-state index contributed by atoms with van der Waals surface area (Å²) in [6.45, 7) is 3.62. The standard InChI is InChI=1S/C13H12BrNO3S/c1-9-3-5-12(6-4-9)19(16,17)18-13-10(2)7-11(14)8-15-13/h3-8H,1-2H3. The first-order valence-electron chi connectivity index (χ1n) is 5.52. The van der Waals surface area contributed by atoms with Gasteiger partial charge in [-0.25, -0.2) is 4.98 Å². The highest BCUT2D eigenvalue weighted by Gasteiger charge is 2.18. The summed E-state index contributed by atoms with van der Waals surface area (Å²) >= 11 is 3.26. The molecule has 0 atom stereocenters. The van der Waals surface area contributed by atoms with E-state index in [-0.39, 0.29) is 10.8 Å². The van der Waals surface area contributed by atoms with Gasteiger partial charge in [0.1, 0.15) is 4.90 Å². The van der Waals surface area contributed by atoms with Crippen LogP contribution in [0.1, 0.15) is 11.1 Å². The molecule has 0 spiro atoms. The molecule has 6 heteroatoms. The minimum absolute atomic E-state index is 0.0868. The van der Waals surface area contributed by atoms with E-state index in [1.165, 1.54) is 18.3 Å². The monoisotopic (exact) mass is 341 g/mol. The lowest BCUT2D eigenvalue weighted by atomic mass is 10.2. The van der Waals surface area contributed by atoms with Crippen LogP contribution in [0.15, 0.2) is 45.9 Å². The highest BCUT2D eigenvalue weighted by Crippen LogP contribution is 2.22. The Morgan fingerprint density at radius 1 is 1.16 bits per heavy atom. The number of hydrogen-bond acceptors (Lipinski definition) is 4. The van der Waals surface area contributed by atoms with E-state index in [1.54, 1.807) is 25.1 Å². The molecule has 0 amide bonds. The summed E-state index contributed by atoms with van der Waals surface area (Å²) in [4.78, 5) is 4.07. The minimum atomic E-state index is -3.84. The third-order valence-corrected chi connectivity index (χ3v) is 4.16. The van der Waals surface area contributed by atoms with E-state index in [9.17, 15) is 8.42 Å². The molecule has 0 fully saturated rings. The van der Waals surface area contributed by atoms with E-state index < -0.39 is 10.1 Å². The van der Waals surface area contributed by atoms with Gasteiger partial charge in [-0.2, -0.15) is 8.42 Å². The lowest BCUT2D eigenvalue weighted by Gasteiger charge is -2.08. The number of aryl methyl sites for hydroxylation is 2. The molecule has 0 saturated carbocycles. The predicted octanol–water partition coefficient (Wildman–Crippen LogP) is 3.23. The van der Waals surface area contributed by atoms with Crippen molar-refractivity contribution in [3.63, 3.8) is 0 Å². The molecule has 0 aliphatic heterocycles. The number of nitrogens with zero attached hydrogens (tertiary/aromatic N) is 1. The molecule has 0 N–H and O–H groups in total. The van der Waals surface area contributed by atoms with Gasteiger partial charge in [-0.3, -0.25) is 0 Å². The highest BCUT2D eigenvalue weighted by atomic mass is 79.9. The van der Waals surface area contributed by atoms with Crippen LogP contribution in [0.25, 0.3) is 0 Å². The smallest absolute Gasteiger partial charge is 0.340 e. The fraction of sp³-hybridized carbons (Fsp3) is 0.154. The Bertz CT molecular complexity index is 696. The predicted molar refractivity (Wildman–Crippen MR) is 75.7 cm³/mol. The molecule has 1 aromatic heterocycles. The first kappa shape index (κ1) is 14.0. The maximum atomic E-state index is 12.1. The van der Waals surface area contributed by atoms with Crippen LogP contribution in [-0.4, -0.2) is 13.4 Å². The summed E-state index contributed by atoms with van der Waals surface area (Å²) in [6.07, 6.45) is 1.49. The molecular weight excluding hydrogens is 330 g/mol. The molecule has 1 aromatic carbocycles. The van der Waals surface area contributed by atoms with Crippen LogP contribution in [-0.2, 0) is 10.1 Å². The Morgan fingerprint density at radius 3 is 2.37 bits per heavy atom. The molecule has 0 bridgehead atoms. The van der Waals surface area contributed by atoms with Crippen molar-refractivity contribution in [1.82, 2.24) is 4.98 Å². The van der Waals surface area contributed by atoms with Crippen molar-refractivity contribution >= 4 is 26.0 Å². The summed E-state index contributed by atoms with van der Waals surface area (Å²) in [5.41, 5.74) is 1.63. The fourth-order valence-electron chi connectivity index (χ4n) is 1.47. The van der Waals surface area contributed by atoms with E-state index in [0.717, 1.165) is 10.0 Å². The van der Waals surface area contributed by atoms with Crippen molar-refractivity contribution in [3.8, 4) is 5.88 Å². The third-order valence-electron chi connectivity index (χ3n) is 2.50. The molecule has 0 saturated heterocycles. The van der Waals surface area contributed by atoms with Crippen LogP contribution in [0.5, 0.6) is 5.88 Å². The zero-order valence-electron chi connectivity index (χ0n) is 10.4. The molecule has 2 rings (SSSR count). The van der Waals surface area contributed by atoms with E-state index in [1.807, 2.05) is 6.92 Å². The minimum Gasteiger partial charge on any atom is -0.358 e. The topological polar surface area (TPSA) is 56.3 Å². The van der Waals surface area contributed by atoms with E-state index >= 15 is 0 Å². The number of rotatable bonds is 3. The third kappa shape index (κ3) is 3.33. The Balaban J connectivity index is 2.33. The van der Waals surface area contributed by atoms with Crippen molar-refractivity contribution in [2.24, 2.45) is 0 Å². The van der Waals surface area contributed by atoms with Crippen molar-refractivity contribution in [3.05, 3.63) is 52.1 Å². The zero-order valence-corrected chi connectivity index (χ0v) is 12.8. The van der Waals surface area contributed by atoms with Gasteiger partial charge in [0.05, 0.1) is 0 Å². The molecule has 2 aromatic rings. The molecule has 0 radical (unpaired) electrons. The van der Waals surface area contributed by atoms with Gasteiger partial charge < -0.3 is 4.18 Å². The maximum Gasteiger partial charge on any atom is 0.340 e. The molecule has 4 nitrogen and oxygen atoms in total. The SMILES string of the molecule is Cc1ccc(S(=O)(=O)Oc2ncc(Br)cc2C)cc1. The molecule has 100 valence electrons. The van der Waals surface area contributed by atoms with Gasteiger partial charge in [0.25, 0.3) is 0 Å². The molecular formula is C13H12BrNO3S. The van der Waals surface area contributed by atoms with Crippen LogP contribution in [0.3, 0.4) is 0 Å². The van der Waals surface area contributed by atoms with Gasteiger partial charge in [-0.15, -0.1) is 0 Å². The number of halogens is 1. The van der Waals surface area contributed by atoms with E-state index in [0.29, 0.717) is 5.56 Å². The summed E-state index contributed by atoms with van der Waals surface area (Å²) in [5.74, 6) is 0.0868. The van der Waals surface area contributed by atoms with Crippen molar-refractivity contribution in [1.29, 1.82) is 0 Å². The van der Waals surface area contributed by atoms with E-state index in [2.05, 4.69) is 20.9 Å². The second kappa shape index (κ2) is 5.30. The summed E-state index contributed by atoms with van der Waals surface area (Å²) < 4.78 is 30.0. The average molecular weight is 342 g/mol. The number of benzene rings is 1. The summed E-state index contributed by atoms with van der Waals surface area (Å²) in [5, 5.41) is 0. The van der Waals surface area contributed by atoms with Crippen LogP contribution < -0.4 is 4.18 Å². The van der Waals surface area contributed by atoms with E-state index in [4.69, 9.17) is 4.18 Å². The summed E-state index contributed by atoms with van der Waals surface area (Å²) in [6, 6.07) is 8.21. The highest BCUT2D eigenvalue weighted by molar-refractivity contribution is 9.10. The van der Waals surface area contributed by atoms with Gasteiger partial charge in [0.2, 0.25) is 5.88 Å². The Morgan fingerprint density at radius 2 is 1.79 bits per heavy atom. The number of aromatic nitrogens is 1. The van der Waals surface area contributed by atoms with Gasteiger partial charge in [-0.1, -0.05) is 17.7 Å². The first-order chi connectivity index (χ1) is 8.88. The van der Waals surface area contributed by atoms with Gasteiger partial charge in [0.15, 0.2) is 0 Å². The maximum absolute atomic E-state index is 12.1. The Labute approximate surface area is 120 Å². The van der Waals surface area contributed by atoms with Crippen molar-refractivity contribution in [2.45, 2.75) is 18.7 Å². The molecule has 0 aliphatic rings. The van der Waals surface area contributed by atoms with Gasteiger partial charge in [-0.05, 0) is 48.0 Å². The number of pyridine rings is 1. The lowest BCUT2D eigenvalue weighted by Crippen LogP contribution is -2.11. The van der Waals surface area contributed by atoms with Crippen LogP contribution in [0.4, 0.5) is 0 Å². The molecule has 1 heterocycles. The van der Waals surface area contributed by atoms with Crippen LogP contribution in [0, 0.1) is 13.8 Å². The van der Waals surface area contributed by atoms with Crippen molar-refractivity contribution in [2.75, 3.05) is 0 Å². The molecule has 19 heavy (non-hydrogen) atoms. The first-order valence-corrected chi connectivity index (χ1v) is 7.72. The van der Waals surface area contributed by atoms with Crippen molar-refractivity contribution < 1.29 is 12.6 Å². The van der Waals surface area contributed by atoms with Crippen LogP contribution >= 0.6 is 15.9 Å². The molecule has 0 aliphatic carbocycles. The summed E-state index contributed by atoms with van der Waals surface area (Å²) in [7, 11) is -3.84. The second-order valence-electron chi connectivity index (χ2n) is 4.13. The van der Waals surface area contributed by atoms with Gasteiger partial charge in [0, 0.05) is 16.2 Å². The van der Waals surface area contributed by atoms with Crippen LogP contribution in [0.2, 0.25) is 0 Å². The normalized spacial score (nSPS) is 11.3. The Kier molecular flexibility index (Phi) is 3.91. The lowest BCUT2D eigenvalue weighted by molar-refractivity contribution is 0.473. The fourth-order valence-corrected chi connectivity index (χ4v) is 2.87. The largest absolute Gasteiger partial charge is 0.358 e. The quantitative estimate of drug-likeness (QED) is 0.804. The Hall–Kier alpha value is -1.40. The van der Waals surface area contributed by atoms with Gasteiger partial charge >= 0.3 is 10.1 Å². The average Bonchev–Trinajstić information content (AvgIpc) is 2.33. The molecule has 0 unspecified atom stereocenters. The zero-order chi connectivity index (χ0) is 14.0. The second-order valence-corrected chi connectivity index (χ2v) is 6.59.